The second-order valence-corrected chi connectivity index (χ2v) is 11.9. The van der Waals surface area contributed by atoms with E-state index in [9.17, 15) is 9.90 Å². The molecule has 0 fully saturated rings. The van der Waals surface area contributed by atoms with Crippen molar-refractivity contribution in [2.45, 2.75) is 46.3 Å². The van der Waals surface area contributed by atoms with Gasteiger partial charge in [0.15, 0.2) is 0 Å². The van der Waals surface area contributed by atoms with Crippen LogP contribution >= 0.6 is 24.8 Å². The second-order valence-electron chi connectivity index (χ2n) is 8.78. The number of aliphatic hydroxyl groups excluding tert-OH is 2. The predicted molar refractivity (Wildman–Crippen MR) is 143 cm³/mol. The van der Waals surface area contributed by atoms with Crippen molar-refractivity contribution in [3.05, 3.63) is 91.0 Å². The van der Waals surface area contributed by atoms with Gasteiger partial charge in [0.25, 0.3) is 8.32 Å². The maximum atomic E-state index is 11.6. The van der Waals surface area contributed by atoms with Crippen molar-refractivity contribution in [3.8, 4) is 0 Å². The number of hydrogen-bond acceptors (Lipinski definition) is 4. The number of hydrogen-bond donors (Lipinski definition) is 3. The first-order valence-corrected chi connectivity index (χ1v) is 13.7. The molecule has 2 unspecified atom stereocenters. The molecule has 188 valence electrons. The van der Waals surface area contributed by atoms with Crippen molar-refractivity contribution in [1.82, 2.24) is 0 Å². The third kappa shape index (κ3) is 10.6. The third-order valence-electron chi connectivity index (χ3n) is 5.14. The SMILES string of the molecule is CC(O)CC(O)C(C)(C)C.Cl.Cl.O[Si](c1ccccc1)(c1ccccc1)c1ccccc1.[O]=[W]. The van der Waals surface area contributed by atoms with Crippen LogP contribution in [-0.2, 0) is 23.2 Å². The Bertz CT molecular complexity index is 798. The van der Waals surface area contributed by atoms with E-state index >= 15 is 0 Å². The van der Waals surface area contributed by atoms with E-state index in [0.29, 0.717) is 26.2 Å². The van der Waals surface area contributed by atoms with Crippen LogP contribution in [0.2, 0.25) is 0 Å². The predicted octanol–water partition coefficient (Wildman–Crippen LogP) is 3.53. The Morgan fingerprint density at radius 2 is 0.971 bits per heavy atom. The van der Waals surface area contributed by atoms with Gasteiger partial charge in [-0.2, -0.15) is 0 Å². The molecule has 3 aromatic rings. The summed E-state index contributed by atoms with van der Waals surface area (Å²) >= 11 is 0.333. The van der Waals surface area contributed by atoms with Gasteiger partial charge in [-0.3, -0.25) is 0 Å². The van der Waals surface area contributed by atoms with Crippen LogP contribution in [0.3, 0.4) is 0 Å². The summed E-state index contributed by atoms with van der Waals surface area (Å²) in [6.45, 7) is 7.56. The summed E-state index contributed by atoms with van der Waals surface area (Å²) in [5.41, 5.74) is -0.114. The van der Waals surface area contributed by atoms with E-state index in [2.05, 4.69) is 0 Å². The van der Waals surface area contributed by atoms with Gasteiger partial charge in [0.05, 0.1) is 12.2 Å². The van der Waals surface area contributed by atoms with Crippen molar-refractivity contribution >= 4 is 48.7 Å². The monoisotopic (exact) mass is 694 g/mol. The summed E-state index contributed by atoms with van der Waals surface area (Å²) in [6.07, 6.45) is -0.356. The number of aliphatic hydroxyl groups is 2. The van der Waals surface area contributed by atoms with E-state index in [4.69, 9.17) is 8.50 Å². The van der Waals surface area contributed by atoms with E-state index in [-0.39, 0.29) is 30.2 Å². The Morgan fingerprint density at radius 3 is 1.15 bits per heavy atom. The van der Waals surface area contributed by atoms with Crippen molar-refractivity contribution < 1.29 is 38.2 Å². The minimum atomic E-state index is -2.88. The third-order valence-corrected chi connectivity index (χ3v) is 8.65. The summed E-state index contributed by atoms with van der Waals surface area (Å²) in [5.74, 6) is 0. The molecule has 2 atom stereocenters. The molecule has 0 aliphatic rings. The first-order chi connectivity index (χ1) is 15.2. The van der Waals surface area contributed by atoms with E-state index in [0.717, 1.165) is 15.6 Å². The molecule has 0 amide bonds. The zero-order chi connectivity index (χ0) is 24.2. The Kier molecular flexibility index (Phi) is 17.8. The Balaban J connectivity index is 0. The van der Waals surface area contributed by atoms with Crippen LogP contribution in [0, 0.1) is 5.41 Å². The summed E-state index contributed by atoms with van der Waals surface area (Å²) in [6, 6.07) is 30.0. The first kappa shape index (κ1) is 35.0. The molecular formula is C26H36Cl2O4SiW. The summed E-state index contributed by atoms with van der Waals surface area (Å²) in [5, 5.41) is 21.4. The van der Waals surface area contributed by atoms with Crippen LogP contribution in [0.25, 0.3) is 0 Å². The van der Waals surface area contributed by atoms with Crippen molar-refractivity contribution in [1.29, 1.82) is 0 Å². The summed E-state index contributed by atoms with van der Waals surface area (Å²) < 4.78 is 8.33. The molecule has 0 aliphatic heterocycles. The molecule has 0 aliphatic carbocycles. The Hall–Kier alpha value is -1.17. The summed E-state index contributed by atoms with van der Waals surface area (Å²) in [7, 11) is -2.88. The molecule has 34 heavy (non-hydrogen) atoms. The average molecular weight is 695 g/mol. The molecule has 3 rings (SSSR count). The molecule has 0 heterocycles. The molecule has 0 spiro atoms. The van der Waals surface area contributed by atoms with Crippen LogP contribution in [0.4, 0.5) is 0 Å². The molecule has 3 N–H and O–H groups in total. The fourth-order valence-corrected chi connectivity index (χ4v) is 6.24. The molecule has 3 aromatic carbocycles. The maximum absolute atomic E-state index is 11.6. The van der Waals surface area contributed by atoms with Gasteiger partial charge in [0, 0.05) is 0 Å². The fraction of sp³-hybridized carbons (Fsp3) is 0.308. The Morgan fingerprint density at radius 1 is 0.706 bits per heavy atom. The molecule has 4 nitrogen and oxygen atoms in total. The molecule has 0 aromatic heterocycles. The molecule has 0 radical (unpaired) electrons. The topological polar surface area (TPSA) is 77.8 Å². The molecule has 0 bridgehead atoms. The van der Waals surface area contributed by atoms with E-state index in [1.54, 1.807) is 6.92 Å². The van der Waals surface area contributed by atoms with Crippen LogP contribution < -0.4 is 15.6 Å². The Labute approximate surface area is 228 Å². The van der Waals surface area contributed by atoms with Gasteiger partial charge in [0.1, 0.15) is 0 Å². The van der Waals surface area contributed by atoms with Crippen LogP contribution in [0.15, 0.2) is 91.0 Å². The van der Waals surface area contributed by atoms with E-state index in [1.807, 2.05) is 112 Å². The second kappa shape index (κ2) is 17.3. The van der Waals surface area contributed by atoms with Crippen molar-refractivity contribution in [3.63, 3.8) is 0 Å². The van der Waals surface area contributed by atoms with E-state index in [1.165, 1.54) is 0 Å². The molecular weight excluding hydrogens is 659 g/mol. The van der Waals surface area contributed by atoms with Gasteiger partial charge in [-0.05, 0) is 34.3 Å². The van der Waals surface area contributed by atoms with Crippen LogP contribution in [-0.4, -0.2) is 35.5 Å². The number of rotatable bonds is 5. The molecule has 0 saturated heterocycles. The fourth-order valence-electron chi connectivity index (χ4n) is 3.21. The molecule has 8 heteroatoms. The van der Waals surface area contributed by atoms with Gasteiger partial charge < -0.3 is 15.0 Å². The molecule has 0 saturated carbocycles. The van der Waals surface area contributed by atoms with Crippen LogP contribution in [0.5, 0.6) is 0 Å². The first-order valence-electron chi connectivity index (χ1n) is 10.6. The average Bonchev–Trinajstić information content (AvgIpc) is 2.81. The normalized spacial score (nSPS) is 12.2. The van der Waals surface area contributed by atoms with Gasteiger partial charge in [-0.25, -0.2) is 0 Å². The van der Waals surface area contributed by atoms with Gasteiger partial charge in [-0.1, -0.05) is 112 Å². The minimum absolute atomic E-state index is 0. The van der Waals surface area contributed by atoms with Gasteiger partial charge in [0.2, 0.25) is 0 Å². The van der Waals surface area contributed by atoms with Gasteiger partial charge in [-0.15, -0.1) is 24.8 Å². The van der Waals surface area contributed by atoms with Crippen molar-refractivity contribution in [2.24, 2.45) is 5.41 Å². The number of halogens is 2. The van der Waals surface area contributed by atoms with Gasteiger partial charge >= 0.3 is 23.2 Å². The zero-order valence-corrected chi connectivity index (χ0v) is 25.6. The standard InChI is InChI=1S/C18H16OSi.C8H18O2.2ClH.O.W/c19-20(16-10-4-1-5-11-16,17-12-6-2-7-13-17)18-14-8-3-9-15-18;1-6(9)5-7(10)8(2,3)4;;;;/h1-15,19H;6-7,9-10H,5H2,1-4H3;2*1H;;. The zero-order valence-electron chi connectivity index (χ0n) is 20.0. The van der Waals surface area contributed by atoms with Crippen LogP contribution in [0.1, 0.15) is 34.1 Å². The van der Waals surface area contributed by atoms with Crippen molar-refractivity contribution in [2.75, 3.05) is 0 Å². The van der Waals surface area contributed by atoms with E-state index < -0.39 is 20.5 Å². The summed E-state index contributed by atoms with van der Waals surface area (Å²) in [4.78, 5) is 11.6. The number of benzene rings is 3. The quantitative estimate of drug-likeness (QED) is 0.282.